The molecule has 1 atom stereocenters. The van der Waals surface area contributed by atoms with Crippen molar-refractivity contribution in [1.29, 1.82) is 0 Å². The number of hydrogen-bond acceptors (Lipinski definition) is 7. The Morgan fingerprint density at radius 2 is 1.68 bits per heavy atom. The lowest BCUT2D eigenvalue weighted by molar-refractivity contribution is -0.121. The Morgan fingerprint density at radius 3 is 2.26 bits per heavy atom. The highest BCUT2D eigenvalue weighted by molar-refractivity contribution is 7.90. The summed E-state index contributed by atoms with van der Waals surface area (Å²) in [5.74, 6) is 0.293. The number of benzene rings is 2. The molecule has 186 valence electrons. The SMILES string of the molecule is COc1ccc(S(=O)(=O)N2CCOCC2)cc1CCC(=O)NC(C)c1ccc(S(C)(=O)=O)cc1. The zero-order valence-electron chi connectivity index (χ0n) is 19.5. The van der Waals surface area contributed by atoms with Gasteiger partial charge in [-0.2, -0.15) is 4.31 Å². The molecular weight excluding hydrogens is 480 g/mol. The molecule has 0 aliphatic carbocycles. The molecule has 0 bridgehead atoms. The second-order valence-electron chi connectivity index (χ2n) is 8.12. The van der Waals surface area contributed by atoms with Crippen molar-refractivity contribution in [1.82, 2.24) is 9.62 Å². The first kappa shape index (κ1) is 26.1. The number of methoxy groups -OCH3 is 1. The normalized spacial score (nSPS) is 16.1. The summed E-state index contributed by atoms with van der Waals surface area (Å²) in [7, 11) is -5.45. The van der Waals surface area contributed by atoms with Gasteiger partial charge in [-0.05, 0) is 54.8 Å². The van der Waals surface area contributed by atoms with Gasteiger partial charge >= 0.3 is 0 Å². The van der Waals surface area contributed by atoms with Crippen molar-refractivity contribution in [3.63, 3.8) is 0 Å². The highest BCUT2D eigenvalue weighted by Gasteiger charge is 2.27. The molecule has 1 aliphatic rings. The second kappa shape index (κ2) is 10.9. The number of carbonyl (C=O) groups excluding carboxylic acids is 1. The number of amides is 1. The van der Waals surface area contributed by atoms with Crippen LogP contribution < -0.4 is 10.1 Å². The van der Waals surface area contributed by atoms with Gasteiger partial charge in [-0.3, -0.25) is 4.79 Å². The molecule has 1 N–H and O–H groups in total. The quantitative estimate of drug-likeness (QED) is 0.547. The number of rotatable bonds is 9. The lowest BCUT2D eigenvalue weighted by atomic mass is 10.1. The van der Waals surface area contributed by atoms with E-state index >= 15 is 0 Å². The van der Waals surface area contributed by atoms with E-state index in [-0.39, 0.29) is 28.2 Å². The highest BCUT2D eigenvalue weighted by Crippen LogP contribution is 2.26. The van der Waals surface area contributed by atoms with E-state index in [2.05, 4.69) is 5.32 Å². The van der Waals surface area contributed by atoms with E-state index in [1.54, 1.807) is 24.3 Å². The molecule has 1 aliphatic heterocycles. The van der Waals surface area contributed by atoms with Crippen molar-refractivity contribution in [3.8, 4) is 5.75 Å². The average Bonchev–Trinajstić information content (AvgIpc) is 2.82. The van der Waals surface area contributed by atoms with Gasteiger partial charge in [-0.1, -0.05) is 12.1 Å². The fourth-order valence-electron chi connectivity index (χ4n) is 3.70. The van der Waals surface area contributed by atoms with Crippen molar-refractivity contribution < 1.29 is 31.1 Å². The van der Waals surface area contributed by atoms with Crippen LogP contribution in [-0.2, 0) is 35.8 Å². The van der Waals surface area contributed by atoms with E-state index in [0.717, 1.165) is 11.8 Å². The Labute approximate surface area is 201 Å². The van der Waals surface area contributed by atoms with E-state index < -0.39 is 19.9 Å². The summed E-state index contributed by atoms with van der Waals surface area (Å²) in [4.78, 5) is 12.9. The van der Waals surface area contributed by atoms with Gasteiger partial charge in [0.05, 0.1) is 36.2 Å². The molecule has 1 amide bonds. The van der Waals surface area contributed by atoms with Crippen molar-refractivity contribution in [2.75, 3.05) is 39.7 Å². The molecule has 11 heteroatoms. The maximum absolute atomic E-state index is 13.0. The first-order chi connectivity index (χ1) is 16.0. The van der Waals surface area contributed by atoms with Crippen LogP contribution in [0, 0.1) is 0 Å². The number of sulfonamides is 1. The summed E-state index contributed by atoms with van der Waals surface area (Å²) in [6.07, 6.45) is 1.56. The number of sulfone groups is 1. The van der Waals surface area contributed by atoms with Crippen molar-refractivity contribution in [2.24, 2.45) is 0 Å². The summed E-state index contributed by atoms with van der Waals surface area (Å²) < 4.78 is 61.2. The maximum atomic E-state index is 13.0. The maximum Gasteiger partial charge on any atom is 0.243 e. The van der Waals surface area contributed by atoms with E-state index in [0.29, 0.717) is 44.0 Å². The zero-order chi connectivity index (χ0) is 24.9. The topological polar surface area (TPSA) is 119 Å². The number of hydrogen-bond donors (Lipinski definition) is 1. The van der Waals surface area contributed by atoms with Crippen LogP contribution in [-0.4, -0.2) is 66.7 Å². The lowest BCUT2D eigenvalue weighted by Crippen LogP contribution is -2.40. The van der Waals surface area contributed by atoms with E-state index in [1.165, 1.54) is 29.6 Å². The number of morpholine rings is 1. The first-order valence-corrected chi connectivity index (χ1v) is 14.2. The molecule has 1 heterocycles. The smallest absolute Gasteiger partial charge is 0.243 e. The van der Waals surface area contributed by atoms with Crippen LogP contribution in [0.5, 0.6) is 5.75 Å². The van der Waals surface area contributed by atoms with Gasteiger partial charge in [-0.15, -0.1) is 0 Å². The van der Waals surface area contributed by atoms with Crippen molar-refractivity contribution in [3.05, 3.63) is 53.6 Å². The van der Waals surface area contributed by atoms with Gasteiger partial charge in [0.25, 0.3) is 0 Å². The standard InChI is InChI=1S/C23H30N2O7S2/c1-17(18-4-7-20(8-5-18)33(3,27)28)24-23(26)11-6-19-16-21(9-10-22(19)31-2)34(29,30)25-12-14-32-15-13-25/h4-5,7-10,16-17H,6,11-15H2,1-3H3,(H,24,26). The third-order valence-electron chi connectivity index (χ3n) is 5.67. The lowest BCUT2D eigenvalue weighted by Gasteiger charge is -2.26. The van der Waals surface area contributed by atoms with Crippen LogP contribution >= 0.6 is 0 Å². The monoisotopic (exact) mass is 510 g/mol. The van der Waals surface area contributed by atoms with Crippen LogP contribution in [0.2, 0.25) is 0 Å². The molecule has 2 aromatic carbocycles. The van der Waals surface area contributed by atoms with Gasteiger partial charge in [0.15, 0.2) is 9.84 Å². The molecule has 3 rings (SSSR count). The minimum Gasteiger partial charge on any atom is -0.496 e. The molecule has 34 heavy (non-hydrogen) atoms. The fraction of sp³-hybridized carbons (Fsp3) is 0.435. The molecule has 9 nitrogen and oxygen atoms in total. The van der Waals surface area contributed by atoms with E-state index in [4.69, 9.17) is 9.47 Å². The Bertz CT molecular complexity index is 1220. The van der Waals surface area contributed by atoms with Crippen LogP contribution in [0.4, 0.5) is 0 Å². The molecule has 0 radical (unpaired) electrons. The number of aryl methyl sites for hydroxylation is 1. The Kier molecular flexibility index (Phi) is 8.34. The molecule has 2 aromatic rings. The Balaban J connectivity index is 1.67. The second-order valence-corrected chi connectivity index (χ2v) is 12.1. The number of nitrogens with one attached hydrogen (secondary N) is 1. The van der Waals surface area contributed by atoms with Crippen LogP contribution in [0.1, 0.15) is 30.5 Å². The van der Waals surface area contributed by atoms with Gasteiger partial charge in [0.1, 0.15) is 5.75 Å². The average molecular weight is 511 g/mol. The predicted molar refractivity (Wildman–Crippen MR) is 127 cm³/mol. The molecule has 0 saturated carbocycles. The molecule has 1 fully saturated rings. The van der Waals surface area contributed by atoms with Crippen molar-refractivity contribution in [2.45, 2.75) is 35.6 Å². The Hall–Kier alpha value is -2.47. The molecule has 1 saturated heterocycles. The molecular formula is C23H30N2O7S2. The van der Waals surface area contributed by atoms with Gasteiger partial charge in [-0.25, -0.2) is 16.8 Å². The minimum atomic E-state index is -3.66. The predicted octanol–water partition coefficient (Wildman–Crippen LogP) is 1.93. The molecule has 0 aromatic heterocycles. The minimum absolute atomic E-state index is 0.128. The first-order valence-electron chi connectivity index (χ1n) is 10.9. The molecule has 1 unspecified atom stereocenters. The van der Waals surface area contributed by atoms with Crippen LogP contribution in [0.3, 0.4) is 0 Å². The molecule has 0 spiro atoms. The third-order valence-corrected chi connectivity index (χ3v) is 8.69. The van der Waals surface area contributed by atoms with Crippen molar-refractivity contribution >= 4 is 25.8 Å². The van der Waals surface area contributed by atoms with Gasteiger partial charge in [0, 0.05) is 25.8 Å². The van der Waals surface area contributed by atoms with Gasteiger partial charge < -0.3 is 14.8 Å². The number of carbonyl (C=O) groups is 1. The summed E-state index contributed by atoms with van der Waals surface area (Å²) in [6, 6.07) is 10.7. The summed E-state index contributed by atoms with van der Waals surface area (Å²) in [5.41, 5.74) is 1.40. The summed E-state index contributed by atoms with van der Waals surface area (Å²) in [5, 5.41) is 2.89. The number of ether oxygens (including phenoxy) is 2. The highest BCUT2D eigenvalue weighted by atomic mass is 32.2. The van der Waals surface area contributed by atoms with Gasteiger partial charge in [0.2, 0.25) is 15.9 Å². The van der Waals surface area contributed by atoms with E-state index in [9.17, 15) is 21.6 Å². The number of nitrogens with zero attached hydrogens (tertiary/aromatic N) is 1. The Morgan fingerprint density at radius 1 is 1.06 bits per heavy atom. The fourth-order valence-corrected chi connectivity index (χ4v) is 5.79. The van der Waals surface area contributed by atoms with E-state index in [1.807, 2.05) is 6.92 Å². The van der Waals surface area contributed by atoms with Crippen LogP contribution in [0.25, 0.3) is 0 Å². The van der Waals surface area contributed by atoms with Crippen LogP contribution in [0.15, 0.2) is 52.3 Å². The summed E-state index contributed by atoms with van der Waals surface area (Å²) >= 11 is 0. The summed E-state index contributed by atoms with van der Waals surface area (Å²) in [6.45, 7) is 3.13. The third kappa shape index (κ3) is 6.35. The largest absolute Gasteiger partial charge is 0.496 e. The zero-order valence-corrected chi connectivity index (χ0v) is 21.1.